The first-order valence-corrected chi connectivity index (χ1v) is 14.6. The van der Waals surface area contributed by atoms with Crippen molar-refractivity contribution in [3.8, 4) is 0 Å². The molecule has 204 valence electrons. The highest BCUT2D eigenvalue weighted by molar-refractivity contribution is 7.98. The van der Waals surface area contributed by atoms with Crippen molar-refractivity contribution in [1.29, 1.82) is 0 Å². The highest BCUT2D eigenvalue weighted by Crippen LogP contribution is 2.42. The van der Waals surface area contributed by atoms with Crippen LogP contribution in [0.3, 0.4) is 0 Å². The summed E-state index contributed by atoms with van der Waals surface area (Å²) >= 11 is 1.69. The minimum Gasteiger partial charge on any atom is -0.481 e. The van der Waals surface area contributed by atoms with Crippen LogP contribution in [-0.4, -0.2) is 53.4 Å². The third kappa shape index (κ3) is 6.90. The summed E-state index contributed by atoms with van der Waals surface area (Å²) in [5, 5.41) is 11.5. The summed E-state index contributed by atoms with van der Waals surface area (Å²) in [7, 11) is 0. The van der Waals surface area contributed by atoms with Crippen molar-refractivity contribution in [2.24, 2.45) is 16.3 Å². The van der Waals surface area contributed by atoms with Crippen LogP contribution in [0.5, 0.6) is 0 Å². The van der Waals surface area contributed by atoms with Crippen LogP contribution >= 0.6 is 11.8 Å². The number of amidine groups is 1. The van der Waals surface area contributed by atoms with E-state index < -0.39 is 5.97 Å². The summed E-state index contributed by atoms with van der Waals surface area (Å²) in [5.41, 5.74) is 2.78. The van der Waals surface area contributed by atoms with Gasteiger partial charge in [0.25, 0.3) is 11.9 Å². The fourth-order valence-electron chi connectivity index (χ4n) is 5.45. The number of nitrogens with zero attached hydrogens (tertiary/aromatic N) is 2. The summed E-state index contributed by atoms with van der Waals surface area (Å²) in [6, 6.07) is 16.8. The molecule has 2 N–H and O–H groups in total. The summed E-state index contributed by atoms with van der Waals surface area (Å²) in [6.45, 7) is 7.62. The van der Waals surface area contributed by atoms with Crippen LogP contribution in [0.1, 0.15) is 74.8 Å². The Balaban J connectivity index is 1.56. The standard InChI is InChI=1S/C30H39N3O4S/c1-30(2,3)22-12-14-24(15-13-22)33-26(19-37-29(33)32-23-6-5-7-25(18-23)38-4)20-8-10-21(11-9-20)28(36)31-17-16-27(34)35/h5-11,18,22,24,26H,12-17,19H2,1-4H3,(H,31,36)(H,34,35). The summed E-state index contributed by atoms with van der Waals surface area (Å²) in [6.07, 6.45) is 6.51. The van der Waals surface area contributed by atoms with Gasteiger partial charge in [0, 0.05) is 23.0 Å². The molecular weight excluding hydrogens is 498 g/mol. The van der Waals surface area contributed by atoms with Gasteiger partial charge in [-0.25, -0.2) is 0 Å². The van der Waals surface area contributed by atoms with E-state index in [4.69, 9.17) is 14.8 Å². The molecule has 1 saturated heterocycles. The van der Waals surface area contributed by atoms with Gasteiger partial charge in [0.15, 0.2) is 0 Å². The maximum absolute atomic E-state index is 12.4. The van der Waals surface area contributed by atoms with Crippen LogP contribution in [-0.2, 0) is 9.53 Å². The van der Waals surface area contributed by atoms with Crippen molar-refractivity contribution in [2.75, 3.05) is 19.4 Å². The molecule has 1 amide bonds. The smallest absolute Gasteiger partial charge is 0.305 e. The number of thioether (sulfide) groups is 1. The number of carbonyl (C=O) groups is 2. The highest BCUT2D eigenvalue weighted by Gasteiger charge is 2.40. The van der Waals surface area contributed by atoms with Crippen LogP contribution < -0.4 is 5.32 Å². The number of ether oxygens (including phenoxy) is 1. The third-order valence-corrected chi connectivity index (χ3v) is 8.43. The van der Waals surface area contributed by atoms with E-state index in [1.807, 2.05) is 24.3 Å². The van der Waals surface area contributed by atoms with Gasteiger partial charge >= 0.3 is 5.97 Å². The SMILES string of the molecule is CSc1cccc(N=C2OCC(c3ccc(C(=O)NCCC(=O)O)cc3)N2C2CCC(C(C)(C)C)CC2)c1. The Hall–Kier alpha value is -3.00. The first-order valence-electron chi connectivity index (χ1n) is 13.4. The molecule has 2 fully saturated rings. The fourth-order valence-corrected chi connectivity index (χ4v) is 5.90. The Labute approximate surface area is 230 Å². The Morgan fingerprint density at radius 1 is 1.11 bits per heavy atom. The lowest BCUT2D eigenvalue weighted by Gasteiger charge is -2.41. The number of carboxylic acid groups (broad SMARTS) is 1. The van der Waals surface area contributed by atoms with E-state index >= 15 is 0 Å². The third-order valence-electron chi connectivity index (χ3n) is 7.70. The lowest BCUT2D eigenvalue weighted by molar-refractivity contribution is -0.136. The average Bonchev–Trinajstić information content (AvgIpc) is 3.31. The Morgan fingerprint density at radius 3 is 2.45 bits per heavy atom. The number of aliphatic carboxylic acids is 1. The molecule has 2 aliphatic rings. The van der Waals surface area contributed by atoms with E-state index in [1.54, 1.807) is 23.9 Å². The topological polar surface area (TPSA) is 91.2 Å². The van der Waals surface area contributed by atoms with Gasteiger partial charge in [-0.05, 0) is 79.2 Å². The lowest BCUT2D eigenvalue weighted by Crippen LogP contribution is -2.42. The molecule has 1 aliphatic heterocycles. The first-order chi connectivity index (χ1) is 18.2. The normalized spacial score (nSPS) is 22.8. The van der Waals surface area contributed by atoms with Crippen LogP contribution in [0.2, 0.25) is 0 Å². The number of hydrogen-bond donors (Lipinski definition) is 2. The summed E-state index contributed by atoms with van der Waals surface area (Å²) in [5.74, 6) is -0.497. The molecule has 0 bridgehead atoms. The fraction of sp³-hybridized carbons (Fsp3) is 0.500. The quantitative estimate of drug-likeness (QED) is 0.385. The van der Waals surface area contributed by atoms with Crippen molar-refractivity contribution in [1.82, 2.24) is 10.2 Å². The molecule has 0 radical (unpaired) electrons. The van der Waals surface area contributed by atoms with Gasteiger partial charge in [0.1, 0.15) is 6.61 Å². The second-order valence-corrected chi connectivity index (χ2v) is 12.1. The lowest BCUT2D eigenvalue weighted by atomic mass is 9.71. The van der Waals surface area contributed by atoms with Crippen LogP contribution in [0.4, 0.5) is 5.69 Å². The zero-order valence-electron chi connectivity index (χ0n) is 22.8. The molecule has 4 rings (SSSR count). The molecule has 2 aromatic carbocycles. The summed E-state index contributed by atoms with van der Waals surface area (Å²) < 4.78 is 6.24. The monoisotopic (exact) mass is 537 g/mol. The average molecular weight is 538 g/mol. The van der Waals surface area contributed by atoms with E-state index in [1.165, 1.54) is 12.8 Å². The number of carbonyl (C=O) groups excluding carboxylic acids is 1. The van der Waals surface area contributed by atoms with Crippen molar-refractivity contribution >= 4 is 35.3 Å². The van der Waals surface area contributed by atoms with Gasteiger partial charge in [0.05, 0.1) is 18.2 Å². The van der Waals surface area contributed by atoms with E-state index in [-0.39, 0.29) is 24.9 Å². The molecular formula is C30H39N3O4S. The number of carboxylic acids is 1. The van der Waals surface area contributed by atoms with Gasteiger partial charge in [-0.2, -0.15) is 4.99 Å². The molecule has 7 nitrogen and oxygen atoms in total. The first kappa shape index (κ1) is 28.0. The van der Waals surface area contributed by atoms with Gasteiger partial charge in [-0.3, -0.25) is 9.59 Å². The number of rotatable bonds is 8. The van der Waals surface area contributed by atoms with E-state index in [9.17, 15) is 9.59 Å². The van der Waals surface area contributed by atoms with Gasteiger partial charge in [-0.1, -0.05) is 39.0 Å². The molecule has 1 saturated carbocycles. The zero-order chi connectivity index (χ0) is 27.3. The second kappa shape index (κ2) is 12.2. The maximum Gasteiger partial charge on any atom is 0.305 e. The Bertz CT molecular complexity index is 1150. The van der Waals surface area contributed by atoms with Gasteiger partial charge < -0.3 is 20.1 Å². The van der Waals surface area contributed by atoms with E-state index in [0.717, 1.165) is 29.0 Å². The van der Waals surface area contributed by atoms with Gasteiger partial charge in [0.2, 0.25) is 0 Å². The van der Waals surface area contributed by atoms with E-state index in [0.29, 0.717) is 35.6 Å². The number of nitrogens with one attached hydrogen (secondary N) is 1. The number of amides is 1. The molecule has 0 aromatic heterocycles. The number of benzene rings is 2. The minimum atomic E-state index is -0.934. The van der Waals surface area contributed by atoms with Crippen LogP contribution in [0.15, 0.2) is 58.4 Å². The van der Waals surface area contributed by atoms with E-state index in [2.05, 4.69) is 49.4 Å². The molecule has 1 unspecified atom stereocenters. The highest BCUT2D eigenvalue weighted by atomic mass is 32.2. The molecule has 2 aromatic rings. The van der Waals surface area contributed by atoms with Crippen LogP contribution in [0.25, 0.3) is 0 Å². The van der Waals surface area contributed by atoms with Crippen molar-refractivity contribution in [3.05, 3.63) is 59.7 Å². The predicted octanol–water partition coefficient (Wildman–Crippen LogP) is 6.28. The number of hydrogen-bond acceptors (Lipinski definition) is 5. The zero-order valence-corrected chi connectivity index (χ0v) is 23.6. The molecule has 8 heteroatoms. The molecule has 1 atom stereocenters. The van der Waals surface area contributed by atoms with Crippen molar-refractivity contribution in [2.45, 2.75) is 69.9 Å². The minimum absolute atomic E-state index is 0.0118. The van der Waals surface area contributed by atoms with Crippen molar-refractivity contribution < 1.29 is 19.4 Å². The van der Waals surface area contributed by atoms with Gasteiger partial charge in [-0.15, -0.1) is 11.8 Å². The number of aliphatic imine (C=N–C) groups is 1. The summed E-state index contributed by atoms with van der Waals surface area (Å²) in [4.78, 5) is 31.6. The molecule has 1 aliphatic carbocycles. The largest absolute Gasteiger partial charge is 0.481 e. The Kier molecular flexibility index (Phi) is 9.03. The second-order valence-electron chi connectivity index (χ2n) is 11.2. The molecule has 0 spiro atoms. The Morgan fingerprint density at radius 2 is 1.82 bits per heavy atom. The molecule has 38 heavy (non-hydrogen) atoms. The van der Waals surface area contributed by atoms with Crippen molar-refractivity contribution in [3.63, 3.8) is 0 Å². The predicted molar refractivity (Wildman–Crippen MR) is 152 cm³/mol. The maximum atomic E-state index is 12.4. The molecule has 1 heterocycles. The van der Waals surface area contributed by atoms with Crippen LogP contribution in [0, 0.1) is 11.3 Å².